The Balaban J connectivity index is 1.74. The van der Waals surface area contributed by atoms with Gasteiger partial charge < -0.3 is 10.6 Å². The largest absolute Gasteiger partial charge is 0.382 e. The molecular formula is C12H20N4O. The predicted molar refractivity (Wildman–Crippen MR) is 66.2 cm³/mol. The molecule has 2 N–H and O–H groups in total. The lowest BCUT2D eigenvalue weighted by molar-refractivity contribution is -0.127. The summed E-state index contributed by atoms with van der Waals surface area (Å²) >= 11 is 0. The average molecular weight is 236 g/mol. The fraction of sp³-hybridized carbons (Fsp3) is 0.667. The molecule has 0 spiro atoms. The minimum absolute atomic E-state index is 0.303. The number of likely N-dealkylation sites (tertiary alicyclic amines) is 1. The van der Waals surface area contributed by atoms with Crippen LogP contribution in [0.25, 0.3) is 0 Å². The van der Waals surface area contributed by atoms with E-state index in [0.717, 1.165) is 38.9 Å². The zero-order chi connectivity index (χ0) is 12.3. The van der Waals surface area contributed by atoms with Crippen molar-refractivity contribution in [3.05, 3.63) is 12.3 Å². The van der Waals surface area contributed by atoms with Crippen molar-refractivity contribution >= 4 is 11.7 Å². The van der Waals surface area contributed by atoms with Crippen LogP contribution >= 0.6 is 0 Å². The topological polar surface area (TPSA) is 64.2 Å². The van der Waals surface area contributed by atoms with Crippen LogP contribution in [0, 0.1) is 5.92 Å². The van der Waals surface area contributed by atoms with E-state index in [1.165, 1.54) is 0 Å². The first kappa shape index (κ1) is 12.0. The Bertz CT molecular complexity index is 388. The molecule has 0 aromatic carbocycles. The highest BCUT2D eigenvalue weighted by Crippen LogP contribution is 2.20. The average Bonchev–Trinajstić information content (AvgIpc) is 2.86. The van der Waals surface area contributed by atoms with Gasteiger partial charge in [-0.05, 0) is 18.4 Å². The molecule has 1 aliphatic heterocycles. The predicted octanol–water partition coefficient (Wildman–Crippen LogP) is 1.11. The third-order valence-corrected chi connectivity index (χ3v) is 3.35. The van der Waals surface area contributed by atoms with E-state index < -0.39 is 0 Å². The Morgan fingerprint density at radius 3 is 2.94 bits per heavy atom. The maximum Gasteiger partial charge on any atom is 0.222 e. The first-order valence-electron chi connectivity index (χ1n) is 6.25. The maximum absolute atomic E-state index is 11.7. The molecule has 0 radical (unpaired) electrons. The van der Waals surface area contributed by atoms with Crippen molar-refractivity contribution in [2.75, 3.05) is 18.8 Å². The molecule has 1 amide bonds. The van der Waals surface area contributed by atoms with E-state index in [9.17, 15) is 4.79 Å². The fourth-order valence-corrected chi connectivity index (χ4v) is 2.27. The van der Waals surface area contributed by atoms with E-state index in [1.807, 2.05) is 15.8 Å². The molecule has 1 aromatic heterocycles. The molecule has 0 aliphatic carbocycles. The summed E-state index contributed by atoms with van der Waals surface area (Å²) in [4.78, 5) is 13.6. The Morgan fingerprint density at radius 1 is 1.53 bits per heavy atom. The minimum atomic E-state index is 0.303. The third kappa shape index (κ3) is 2.99. The van der Waals surface area contributed by atoms with Gasteiger partial charge in [0.15, 0.2) is 0 Å². The number of amides is 1. The number of aromatic nitrogens is 2. The molecule has 1 aromatic rings. The molecule has 2 heterocycles. The number of carbonyl (C=O) groups excluding carboxylic acids is 1. The van der Waals surface area contributed by atoms with Crippen LogP contribution in [0.1, 0.15) is 26.2 Å². The highest BCUT2D eigenvalue weighted by molar-refractivity contribution is 5.78. The lowest BCUT2D eigenvalue weighted by Crippen LogP contribution is -2.27. The van der Waals surface area contributed by atoms with Gasteiger partial charge in [0.2, 0.25) is 5.91 Å². The summed E-state index contributed by atoms with van der Waals surface area (Å²) in [5.41, 5.74) is 5.53. The quantitative estimate of drug-likeness (QED) is 0.833. The molecule has 0 bridgehead atoms. The van der Waals surface area contributed by atoms with Crippen molar-refractivity contribution in [2.24, 2.45) is 5.92 Å². The normalized spacial score (nSPS) is 20.2. The lowest BCUT2D eigenvalue weighted by atomic mass is 10.1. The van der Waals surface area contributed by atoms with Gasteiger partial charge in [-0.2, -0.15) is 5.10 Å². The van der Waals surface area contributed by atoms with Crippen LogP contribution in [0.3, 0.4) is 0 Å². The zero-order valence-corrected chi connectivity index (χ0v) is 10.3. The van der Waals surface area contributed by atoms with Crippen molar-refractivity contribution in [1.82, 2.24) is 14.7 Å². The Labute approximate surface area is 102 Å². The molecule has 0 saturated carbocycles. The van der Waals surface area contributed by atoms with Crippen LogP contribution in [0.5, 0.6) is 0 Å². The molecule has 5 nitrogen and oxygen atoms in total. The second kappa shape index (κ2) is 5.21. The van der Waals surface area contributed by atoms with Crippen molar-refractivity contribution in [1.29, 1.82) is 0 Å². The molecule has 1 fully saturated rings. The van der Waals surface area contributed by atoms with Gasteiger partial charge >= 0.3 is 0 Å². The number of nitrogens with zero attached hydrogens (tertiary/aromatic N) is 3. The second-order valence-corrected chi connectivity index (χ2v) is 4.68. The Morgan fingerprint density at radius 2 is 2.35 bits per heavy atom. The molecule has 2 rings (SSSR count). The van der Waals surface area contributed by atoms with Gasteiger partial charge in [0.05, 0.1) is 0 Å². The van der Waals surface area contributed by atoms with E-state index in [4.69, 9.17) is 5.73 Å². The van der Waals surface area contributed by atoms with Gasteiger partial charge in [-0.1, -0.05) is 13.3 Å². The van der Waals surface area contributed by atoms with Crippen molar-refractivity contribution < 1.29 is 4.79 Å². The summed E-state index contributed by atoms with van der Waals surface area (Å²) in [5.74, 6) is 1.41. The minimum Gasteiger partial charge on any atom is -0.382 e. The molecule has 94 valence electrons. The highest BCUT2D eigenvalue weighted by Gasteiger charge is 2.27. The number of anilines is 1. The van der Waals surface area contributed by atoms with Gasteiger partial charge in [0.25, 0.3) is 0 Å². The number of hydrogen-bond donors (Lipinski definition) is 1. The lowest BCUT2D eigenvalue weighted by Gasteiger charge is -2.16. The van der Waals surface area contributed by atoms with E-state index in [1.54, 1.807) is 6.07 Å². The Kier molecular flexibility index (Phi) is 3.66. The molecule has 1 unspecified atom stereocenters. The molecule has 5 heteroatoms. The summed E-state index contributed by atoms with van der Waals surface area (Å²) in [6, 6.07) is 1.79. The second-order valence-electron chi connectivity index (χ2n) is 4.68. The van der Waals surface area contributed by atoms with E-state index in [0.29, 0.717) is 17.6 Å². The van der Waals surface area contributed by atoms with Crippen molar-refractivity contribution in [2.45, 2.75) is 32.7 Å². The first-order chi connectivity index (χ1) is 8.19. The summed E-state index contributed by atoms with van der Waals surface area (Å²) in [7, 11) is 0. The molecule has 1 saturated heterocycles. The molecule has 1 atom stereocenters. The zero-order valence-electron chi connectivity index (χ0n) is 10.3. The number of rotatable bonds is 5. The monoisotopic (exact) mass is 236 g/mol. The smallest absolute Gasteiger partial charge is 0.222 e. The number of nitrogens with two attached hydrogens (primary N) is 1. The van der Waals surface area contributed by atoms with Gasteiger partial charge in [-0.15, -0.1) is 0 Å². The standard InChI is InChI=1S/C12H20N4O/c1-2-10-8-12(17)15(9-10)5-3-6-16-7-4-11(13)14-16/h4,7,10H,2-3,5-6,8-9H2,1H3,(H2,13,14). The third-order valence-electron chi connectivity index (χ3n) is 3.35. The van der Waals surface area contributed by atoms with Gasteiger partial charge in [-0.25, -0.2) is 0 Å². The van der Waals surface area contributed by atoms with Crippen LogP contribution in [0.2, 0.25) is 0 Å². The maximum atomic E-state index is 11.7. The van der Waals surface area contributed by atoms with Gasteiger partial charge in [0, 0.05) is 32.3 Å². The highest BCUT2D eigenvalue weighted by atomic mass is 16.2. The first-order valence-corrected chi connectivity index (χ1v) is 6.25. The SMILES string of the molecule is CCC1CC(=O)N(CCCn2ccc(N)n2)C1. The van der Waals surface area contributed by atoms with E-state index in [-0.39, 0.29) is 0 Å². The fourth-order valence-electron chi connectivity index (χ4n) is 2.27. The van der Waals surface area contributed by atoms with Crippen LogP contribution < -0.4 is 5.73 Å². The number of carbonyl (C=O) groups is 1. The summed E-state index contributed by atoms with van der Waals surface area (Å²) in [6.45, 7) is 4.72. The van der Waals surface area contributed by atoms with E-state index >= 15 is 0 Å². The number of hydrogen-bond acceptors (Lipinski definition) is 3. The molecule has 1 aliphatic rings. The molecule has 17 heavy (non-hydrogen) atoms. The number of aryl methyl sites for hydroxylation is 1. The summed E-state index contributed by atoms with van der Waals surface area (Å²) < 4.78 is 1.83. The van der Waals surface area contributed by atoms with Crippen LogP contribution in [-0.4, -0.2) is 33.7 Å². The Hall–Kier alpha value is -1.52. The van der Waals surface area contributed by atoms with Gasteiger partial charge in [0.1, 0.15) is 5.82 Å². The number of nitrogen functional groups attached to an aromatic ring is 1. The summed E-state index contributed by atoms with van der Waals surface area (Å²) in [5, 5.41) is 4.12. The summed E-state index contributed by atoms with van der Waals surface area (Å²) in [6.07, 6.45) is 4.63. The van der Waals surface area contributed by atoms with Crippen molar-refractivity contribution in [3.8, 4) is 0 Å². The van der Waals surface area contributed by atoms with Crippen LogP contribution in [-0.2, 0) is 11.3 Å². The van der Waals surface area contributed by atoms with Crippen molar-refractivity contribution in [3.63, 3.8) is 0 Å². The molecular weight excluding hydrogens is 216 g/mol. The van der Waals surface area contributed by atoms with Crippen LogP contribution in [0.4, 0.5) is 5.82 Å². The van der Waals surface area contributed by atoms with E-state index in [2.05, 4.69) is 12.0 Å². The van der Waals surface area contributed by atoms with Crippen LogP contribution in [0.15, 0.2) is 12.3 Å². The van der Waals surface area contributed by atoms with Gasteiger partial charge in [-0.3, -0.25) is 9.48 Å².